The van der Waals surface area contributed by atoms with Crippen molar-refractivity contribution >= 4 is 5.82 Å². The van der Waals surface area contributed by atoms with E-state index in [4.69, 9.17) is 5.73 Å². The van der Waals surface area contributed by atoms with Crippen LogP contribution >= 0.6 is 0 Å². The minimum absolute atomic E-state index is 0.423. The van der Waals surface area contributed by atoms with Crippen LogP contribution in [0.5, 0.6) is 0 Å². The maximum Gasteiger partial charge on any atom is 0.128 e. The van der Waals surface area contributed by atoms with Gasteiger partial charge in [0.1, 0.15) is 11.5 Å². The van der Waals surface area contributed by atoms with E-state index in [9.17, 15) is 4.39 Å². The molecule has 3 nitrogen and oxygen atoms in total. The van der Waals surface area contributed by atoms with Crippen molar-refractivity contribution in [3.8, 4) is 0 Å². The standard InChI is InChI=1S/C10H14FN3/c11-10(2-4-13-7-10)6-8-1-3-14-9(12)5-8/h1,3,5,13H,2,4,6-7H2,(H2,12,14). The molecule has 1 unspecified atom stereocenters. The molecule has 14 heavy (non-hydrogen) atoms. The number of anilines is 1. The van der Waals surface area contributed by atoms with Gasteiger partial charge in [-0.3, -0.25) is 0 Å². The smallest absolute Gasteiger partial charge is 0.128 e. The highest BCUT2D eigenvalue weighted by Gasteiger charge is 2.33. The number of alkyl halides is 1. The number of nitrogens with zero attached hydrogens (tertiary/aromatic N) is 1. The van der Waals surface area contributed by atoms with E-state index >= 15 is 0 Å². The molecule has 0 saturated carbocycles. The molecule has 1 atom stereocenters. The molecular weight excluding hydrogens is 181 g/mol. The van der Waals surface area contributed by atoms with Crippen molar-refractivity contribution in [2.75, 3.05) is 18.8 Å². The Balaban J connectivity index is 2.10. The zero-order chi connectivity index (χ0) is 10.0. The van der Waals surface area contributed by atoms with E-state index in [1.54, 1.807) is 12.3 Å². The summed E-state index contributed by atoms with van der Waals surface area (Å²) in [5.41, 5.74) is 5.34. The largest absolute Gasteiger partial charge is 0.384 e. The Kier molecular flexibility index (Phi) is 2.37. The lowest BCUT2D eigenvalue weighted by molar-refractivity contribution is 0.190. The summed E-state index contributed by atoms with van der Waals surface area (Å²) >= 11 is 0. The van der Waals surface area contributed by atoms with Gasteiger partial charge in [0.2, 0.25) is 0 Å². The highest BCUT2D eigenvalue weighted by Crippen LogP contribution is 2.24. The van der Waals surface area contributed by atoms with Crippen molar-refractivity contribution in [3.05, 3.63) is 23.9 Å². The van der Waals surface area contributed by atoms with E-state index in [0.29, 0.717) is 25.2 Å². The van der Waals surface area contributed by atoms with E-state index < -0.39 is 5.67 Å². The lowest BCUT2D eigenvalue weighted by atomic mass is 9.96. The summed E-state index contributed by atoms with van der Waals surface area (Å²) in [6.45, 7) is 1.20. The van der Waals surface area contributed by atoms with Crippen LogP contribution in [0.2, 0.25) is 0 Å². The molecule has 1 aliphatic rings. The Labute approximate surface area is 82.5 Å². The van der Waals surface area contributed by atoms with E-state index in [1.165, 1.54) is 0 Å². The highest BCUT2D eigenvalue weighted by atomic mass is 19.1. The number of nitrogens with one attached hydrogen (secondary N) is 1. The first-order valence-electron chi connectivity index (χ1n) is 4.78. The molecule has 0 aliphatic carbocycles. The molecule has 3 N–H and O–H groups in total. The summed E-state index contributed by atoms with van der Waals surface area (Å²) in [7, 11) is 0. The molecular formula is C10H14FN3. The van der Waals surface area contributed by atoms with Crippen LogP contribution in [0.25, 0.3) is 0 Å². The van der Waals surface area contributed by atoms with Crippen molar-refractivity contribution in [1.29, 1.82) is 0 Å². The fourth-order valence-corrected chi connectivity index (χ4v) is 1.83. The van der Waals surface area contributed by atoms with Gasteiger partial charge in [-0.1, -0.05) is 0 Å². The van der Waals surface area contributed by atoms with Crippen molar-refractivity contribution < 1.29 is 4.39 Å². The van der Waals surface area contributed by atoms with E-state index in [1.807, 2.05) is 6.07 Å². The minimum atomic E-state index is -1.10. The number of aromatic nitrogens is 1. The molecule has 4 heteroatoms. The lowest BCUT2D eigenvalue weighted by Gasteiger charge is -2.17. The summed E-state index contributed by atoms with van der Waals surface area (Å²) < 4.78 is 14.0. The number of halogens is 1. The van der Waals surface area contributed by atoms with Crippen LogP contribution in [0.1, 0.15) is 12.0 Å². The number of hydrogen-bond donors (Lipinski definition) is 2. The number of hydrogen-bond acceptors (Lipinski definition) is 3. The van der Waals surface area contributed by atoms with Gasteiger partial charge in [-0.2, -0.15) is 0 Å². The third-order valence-electron chi connectivity index (χ3n) is 2.56. The summed E-state index contributed by atoms with van der Waals surface area (Å²) in [6.07, 6.45) is 2.62. The van der Waals surface area contributed by atoms with Gasteiger partial charge in [-0.25, -0.2) is 9.37 Å². The summed E-state index contributed by atoms with van der Waals surface area (Å²) in [6, 6.07) is 3.55. The molecule has 0 radical (unpaired) electrons. The molecule has 76 valence electrons. The van der Waals surface area contributed by atoms with Crippen LogP contribution in [-0.4, -0.2) is 23.7 Å². The van der Waals surface area contributed by atoms with Gasteiger partial charge in [0.05, 0.1) is 0 Å². The second kappa shape index (κ2) is 3.53. The van der Waals surface area contributed by atoms with Gasteiger partial charge in [-0.15, -0.1) is 0 Å². The molecule has 2 heterocycles. The second-order valence-corrected chi connectivity index (χ2v) is 3.84. The van der Waals surface area contributed by atoms with E-state index in [-0.39, 0.29) is 0 Å². The van der Waals surface area contributed by atoms with Crippen LogP contribution in [0.3, 0.4) is 0 Å². The fraction of sp³-hybridized carbons (Fsp3) is 0.500. The minimum Gasteiger partial charge on any atom is -0.384 e. The van der Waals surface area contributed by atoms with Gasteiger partial charge >= 0.3 is 0 Å². The predicted molar refractivity (Wildman–Crippen MR) is 53.7 cm³/mol. The monoisotopic (exact) mass is 195 g/mol. The molecule has 1 fully saturated rings. The maximum absolute atomic E-state index is 14.0. The van der Waals surface area contributed by atoms with Crippen LogP contribution < -0.4 is 11.1 Å². The Morgan fingerprint density at radius 1 is 1.64 bits per heavy atom. The Bertz CT molecular complexity index is 321. The maximum atomic E-state index is 14.0. The van der Waals surface area contributed by atoms with Gasteiger partial charge in [0, 0.05) is 19.2 Å². The average Bonchev–Trinajstić information content (AvgIpc) is 2.51. The van der Waals surface area contributed by atoms with Crippen molar-refractivity contribution in [3.63, 3.8) is 0 Å². The van der Waals surface area contributed by atoms with Crippen LogP contribution in [0.4, 0.5) is 10.2 Å². The zero-order valence-electron chi connectivity index (χ0n) is 7.96. The second-order valence-electron chi connectivity index (χ2n) is 3.84. The number of nitrogens with two attached hydrogens (primary N) is 1. The van der Waals surface area contributed by atoms with E-state index in [2.05, 4.69) is 10.3 Å². The molecule has 0 bridgehead atoms. The molecule has 1 aromatic heterocycles. The first-order valence-corrected chi connectivity index (χ1v) is 4.78. The Morgan fingerprint density at radius 2 is 2.50 bits per heavy atom. The zero-order valence-corrected chi connectivity index (χ0v) is 7.96. The SMILES string of the molecule is Nc1cc(CC2(F)CCNC2)ccn1. The molecule has 1 saturated heterocycles. The molecule has 2 rings (SSSR count). The Hall–Kier alpha value is -1.16. The summed E-state index contributed by atoms with van der Waals surface area (Å²) in [5, 5.41) is 3.03. The fourth-order valence-electron chi connectivity index (χ4n) is 1.83. The van der Waals surface area contributed by atoms with Crippen molar-refractivity contribution in [2.24, 2.45) is 0 Å². The average molecular weight is 195 g/mol. The predicted octanol–water partition coefficient (Wildman–Crippen LogP) is 0.908. The summed E-state index contributed by atoms with van der Waals surface area (Å²) in [4.78, 5) is 3.88. The number of nitrogen functional groups attached to an aromatic ring is 1. The van der Waals surface area contributed by atoms with Gasteiger partial charge in [-0.05, 0) is 30.7 Å². The Morgan fingerprint density at radius 3 is 3.14 bits per heavy atom. The lowest BCUT2D eigenvalue weighted by Crippen LogP contribution is -2.28. The van der Waals surface area contributed by atoms with Crippen molar-refractivity contribution in [2.45, 2.75) is 18.5 Å². The number of pyridine rings is 1. The third-order valence-corrected chi connectivity index (χ3v) is 2.56. The van der Waals surface area contributed by atoms with Crippen LogP contribution in [-0.2, 0) is 6.42 Å². The molecule has 0 amide bonds. The first-order chi connectivity index (χ1) is 6.68. The molecule has 1 aliphatic heterocycles. The van der Waals surface area contributed by atoms with Crippen LogP contribution in [0.15, 0.2) is 18.3 Å². The quantitative estimate of drug-likeness (QED) is 0.737. The highest BCUT2D eigenvalue weighted by molar-refractivity contribution is 5.32. The molecule has 0 spiro atoms. The molecule has 0 aromatic carbocycles. The molecule has 1 aromatic rings. The van der Waals surface area contributed by atoms with Gasteiger partial charge in [0.25, 0.3) is 0 Å². The van der Waals surface area contributed by atoms with Crippen LogP contribution in [0, 0.1) is 0 Å². The topological polar surface area (TPSA) is 50.9 Å². The summed E-state index contributed by atoms with van der Waals surface area (Å²) in [5.74, 6) is 0.456. The van der Waals surface area contributed by atoms with Gasteiger partial charge in [0.15, 0.2) is 0 Å². The number of rotatable bonds is 2. The van der Waals surface area contributed by atoms with Gasteiger partial charge < -0.3 is 11.1 Å². The third kappa shape index (κ3) is 2.01. The van der Waals surface area contributed by atoms with E-state index in [0.717, 1.165) is 12.1 Å². The first kappa shape index (κ1) is 9.40. The normalized spacial score (nSPS) is 26.6. The van der Waals surface area contributed by atoms with Crippen molar-refractivity contribution in [1.82, 2.24) is 10.3 Å².